The van der Waals surface area contributed by atoms with E-state index in [4.69, 9.17) is 5.84 Å². The Morgan fingerprint density at radius 2 is 2.28 bits per heavy atom. The van der Waals surface area contributed by atoms with Gasteiger partial charge < -0.3 is 4.57 Å². The average Bonchev–Trinajstić information content (AvgIpc) is 2.73. The number of aromatic nitrogens is 3. The third-order valence-electron chi connectivity index (χ3n) is 2.69. The molecule has 0 saturated carbocycles. The predicted molar refractivity (Wildman–Crippen MR) is 65.8 cm³/mol. The first kappa shape index (κ1) is 12.3. The van der Waals surface area contributed by atoms with Crippen LogP contribution in [0, 0.1) is 6.92 Å². The highest BCUT2D eigenvalue weighted by Crippen LogP contribution is 2.01. The summed E-state index contributed by atoms with van der Waals surface area (Å²) in [6.07, 6.45) is 4.26. The van der Waals surface area contributed by atoms with E-state index in [1.165, 1.54) is 0 Å². The van der Waals surface area contributed by atoms with E-state index >= 15 is 0 Å². The molecule has 96 valence electrons. The molecule has 2 rings (SSSR count). The van der Waals surface area contributed by atoms with E-state index in [0.29, 0.717) is 24.9 Å². The van der Waals surface area contributed by atoms with Crippen LogP contribution in [0.5, 0.6) is 0 Å². The number of hydrazine groups is 1. The molecule has 3 N–H and O–H groups in total. The van der Waals surface area contributed by atoms with Crippen molar-refractivity contribution in [2.75, 3.05) is 0 Å². The summed E-state index contributed by atoms with van der Waals surface area (Å²) in [7, 11) is 0. The van der Waals surface area contributed by atoms with Crippen LogP contribution in [0.2, 0.25) is 0 Å². The Morgan fingerprint density at radius 1 is 1.50 bits per heavy atom. The largest absolute Gasteiger partial charge is 0.312 e. The number of nitrogens with two attached hydrogens (primary N) is 1. The molecule has 0 spiro atoms. The van der Waals surface area contributed by atoms with Crippen molar-refractivity contribution in [2.24, 2.45) is 5.84 Å². The summed E-state index contributed by atoms with van der Waals surface area (Å²) >= 11 is 0. The second kappa shape index (κ2) is 5.01. The van der Waals surface area contributed by atoms with Crippen LogP contribution < -0.4 is 16.8 Å². The Labute approximate surface area is 103 Å². The smallest absolute Gasteiger partial charge is 0.276 e. The van der Waals surface area contributed by atoms with Gasteiger partial charge in [-0.15, -0.1) is 0 Å². The lowest BCUT2D eigenvalue weighted by Gasteiger charge is -2.05. The van der Waals surface area contributed by atoms with E-state index in [9.17, 15) is 9.59 Å². The molecular weight excluding hydrogens is 234 g/mol. The highest BCUT2D eigenvalue weighted by Gasteiger charge is 2.05. The minimum Gasteiger partial charge on any atom is -0.312 e. The molecule has 1 amide bonds. The first-order valence-corrected chi connectivity index (χ1v) is 5.66. The summed E-state index contributed by atoms with van der Waals surface area (Å²) in [5.74, 6) is 4.75. The molecule has 18 heavy (non-hydrogen) atoms. The van der Waals surface area contributed by atoms with Gasteiger partial charge >= 0.3 is 0 Å². The number of fused-ring (bicyclic) bond motifs is 1. The minimum absolute atomic E-state index is 0.105. The van der Waals surface area contributed by atoms with Crippen LogP contribution in [0.4, 0.5) is 0 Å². The Kier molecular flexibility index (Phi) is 3.42. The van der Waals surface area contributed by atoms with Crippen molar-refractivity contribution in [2.45, 2.75) is 26.3 Å². The quantitative estimate of drug-likeness (QED) is 0.437. The monoisotopic (exact) mass is 249 g/mol. The number of aryl methyl sites for hydroxylation is 2. The van der Waals surface area contributed by atoms with E-state index in [-0.39, 0.29) is 11.5 Å². The fourth-order valence-corrected chi connectivity index (χ4v) is 1.81. The van der Waals surface area contributed by atoms with Crippen LogP contribution in [-0.4, -0.2) is 20.1 Å². The van der Waals surface area contributed by atoms with Crippen molar-refractivity contribution in [1.82, 2.24) is 19.6 Å². The normalized spacial score (nSPS) is 10.8. The third-order valence-corrected chi connectivity index (χ3v) is 2.69. The van der Waals surface area contributed by atoms with Crippen molar-refractivity contribution < 1.29 is 4.79 Å². The fourth-order valence-electron chi connectivity index (χ4n) is 1.81. The van der Waals surface area contributed by atoms with Crippen molar-refractivity contribution >= 4 is 11.4 Å². The van der Waals surface area contributed by atoms with Crippen molar-refractivity contribution in [1.29, 1.82) is 0 Å². The second-order valence-electron chi connectivity index (χ2n) is 4.08. The number of amides is 1. The van der Waals surface area contributed by atoms with Gasteiger partial charge in [-0.2, -0.15) is 5.10 Å². The highest BCUT2D eigenvalue weighted by molar-refractivity contribution is 5.75. The third kappa shape index (κ3) is 2.40. The molecule has 0 radical (unpaired) electrons. The van der Waals surface area contributed by atoms with Gasteiger partial charge in [-0.05, 0) is 19.4 Å². The van der Waals surface area contributed by atoms with Crippen LogP contribution >= 0.6 is 0 Å². The van der Waals surface area contributed by atoms with E-state index in [0.717, 1.165) is 5.69 Å². The molecule has 0 aliphatic rings. The molecular formula is C11H15N5O2. The topological polar surface area (TPSA) is 94.4 Å². The summed E-state index contributed by atoms with van der Waals surface area (Å²) in [5.41, 5.74) is 3.29. The van der Waals surface area contributed by atoms with Gasteiger partial charge in [0.05, 0.1) is 5.69 Å². The van der Waals surface area contributed by atoms with E-state index in [1.54, 1.807) is 27.5 Å². The Morgan fingerprint density at radius 3 is 3.00 bits per heavy atom. The van der Waals surface area contributed by atoms with Gasteiger partial charge in [-0.1, -0.05) is 0 Å². The Bertz CT molecular complexity index is 628. The zero-order chi connectivity index (χ0) is 13.1. The second-order valence-corrected chi connectivity index (χ2v) is 4.08. The van der Waals surface area contributed by atoms with E-state index < -0.39 is 0 Å². The molecule has 0 aromatic carbocycles. The molecule has 0 atom stereocenters. The molecule has 7 heteroatoms. The lowest BCUT2D eigenvalue weighted by atomic mass is 10.3. The molecule has 0 aliphatic carbocycles. The number of hydrogen-bond donors (Lipinski definition) is 2. The van der Waals surface area contributed by atoms with Crippen LogP contribution in [0.3, 0.4) is 0 Å². The molecule has 7 nitrogen and oxygen atoms in total. The SMILES string of the molecule is Cc1cc2c(=O)n(CCCC(=O)NN)ccn2n1. The maximum atomic E-state index is 12.1. The standard InChI is InChI=1S/C11H15N5O2/c1-8-7-9-11(18)15(5-6-16(9)14-8)4-2-3-10(17)13-12/h5-7H,2-4,12H2,1H3,(H,13,17). The lowest BCUT2D eigenvalue weighted by Crippen LogP contribution is -2.30. The van der Waals surface area contributed by atoms with Gasteiger partial charge in [-0.3, -0.25) is 15.0 Å². The fraction of sp³-hybridized carbons (Fsp3) is 0.364. The van der Waals surface area contributed by atoms with Crippen LogP contribution in [0.25, 0.3) is 5.52 Å². The number of nitrogens with zero attached hydrogens (tertiary/aromatic N) is 3. The molecule has 0 bridgehead atoms. The highest BCUT2D eigenvalue weighted by atomic mass is 16.2. The molecule has 0 saturated heterocycles. The molecule has 2 aromatic heterocycles. The molecule has 0 fully saturated rings. The van der Waals surface area contributed by atoms with Crippen LogP contribution in [0.15, 0.2) is 23.3 Å². The van der Waals surface area contributed by atoms with Gasteiger partial charge in [0.15, 0.2) is 0 Å². The van der Waals surface area contributed by atoms with Gasteiger partial charge in [0.2, 0.25) is 5.91 Å². The average molecular weight is 249 g/mol. The van der Waals surface area contributed by atoms with Crippen molar-refractivity contribution in [3.63, 3.8) is 0 Å². The first-order valence-electron chi connectivity index (χ1n) is 5.66. The number of nitrogens with one attached hydrogen (secondary N) is 1. The number of carbonyl (C=O) groups excluding carboxylic acids is 1. The summed E-state index contributed by atoms with van der Waals surface area (Å²) < 4.78 is 3.13. The maximum Gasteiger partial charge on any atom is 0.276 e. The molecule has 0 unspecified atom stereocenters. The first-order chi connectivity index (χ1) is 8.61. The summed E-state index contributed by atoms with van der Waals surface area (Å²) in [5, 5.41) is 4.16. The number of hydrogen-bond acceptors (Lipinski definition) is 4. The van der Waals surface area contributed by atoms with Crippen molar-refractivity contribution in [3.8, 4) is 0 Å². The van der Waals surface area contributed by atoms with E-state index in [2.05, 4.69) is 10.5 Å². The number of carbonyl (C=O) groups is 1. The van der Waals surface area contributed by atoms with Crippen molar-refractivity contribution in [3.05, 3.63) is 34.5 Å². The zero-order valence-corrected chi connectivity index (χ0v) is 10.1. The Balaban J connectivity index is 2.16. The molecule has 2 aromatic rings. The maximum absolute atomic E-state index is 12.1. The van der Waals surface area contributed by atoms with Gasteiger partial charge in [0.25, 0.3) is 5.56 Å². The number of rotatable bonds is 4. The van der Waals surface area contributed by atoms with Crippen LogP contribution in [-0.2, 0) is 11.3 Å². The van der Waals surface area contributed by atoms with E-state index in [1.807, 2.05) is 6.92 Å². The van der Waals surface area contributed by atoms with Crippen LogP contribution in [0.1, 0.15) is 18.5 Å². The van der Waals surface area contributed by atoms with Gasteiger partial charge in [0, 0.05) is 25.4 Å². The molecule has 2 heterocycles. The molecule has 0 aliphatic heterocycles. The zero-order valence-electron chi connectivity index (χ0n) is 10.1. The van der Waals surface area contributed by atoms with Gasteiger partial charge in [-0.25, -0.2) is 10.4 Å². The summed E-state index contributed by atoms with van der Waals surface area (Å²) in [6, 6.07) is 1.74. The predicted octanol–water partition coefficient (Wildman–Crippen LogP) is -0.425. The summed E-state index contributed by atoms with van der Waals surface area (Å²) in [6.45, 7) is 2.31. The Hall–Kier alpha value is -2.15. The van der Waals surface area contributed by atoms with Gasteiger partial charge in [0.1, 0.15) is 5.52 Å². The lowest BCUT2D eigenvalue weighted by molar-refractivity contribution is -0.121. The minimum atomic E-state index is -0.232. The summed E-state index contributed by atoms with van der Waals surface area (Å²) in [4.78, 5) is 23.0.